The van der Waals surface area contributed by atoms with E-state index in [1.807, 2.05) is 0 Å². The summed E-state index contributed by atoms with van der Waals surface area (Å²) in [5.41, 5.74) is 0.761. The molecule has 2 heterocycles. The van der Waals surface area contributed by atoms with E-state index in [1.165, 1.54) is 0 Å². The molecule has 2 rings (SSSR count). The predicted molar refractivity (Wildman–Crippen MR) is 61.3 cm³/mol. The Morgan fingerprint density at radius 2 is 2.44 bits per heavy atom. The van der Waals surface area contributed by atoms with Crippen molar-refractivity contribution < 1.29 is 9.84 Å². The van der Waals surface area contributed by atoms with Gasteiger partial charge in [0.05, 0.1) is 13.2 Å². The number of hydrogen-bond acceptors (Lipinski definition) is 4. The molecule has 0 saturated carbocycles. The molecule has 4 nitrogen and oxygen atoms in total. The van der Waals surface area contributed by atoms with Gasteiger partial charge in [0.2, 0.25) is 0 Å². The van der Waals surface area contributed by atoms with Crippen molar-refractivity contribution in [1.82, 2.24) is 10.3 Å². The molecule has 0 aromatic carbocycles. The lowest BCUT2D eigenvalue weighted by atomic mass is 9.99. The third-order valence-corrected chi connectivity index (χ3v) is 3.11. The molecule has 0 amide bonds. The lowest BCUT2D eigenvalue weighted by Crippen LogP contribution is -2.29. The minimum atomic E-state index is -0.548. The lowest BCUT2D eigenvalue weighted by Gasteiger charge is -2.20. The average molecular weight is 222 g/mol. The van der Waals surface area contributed by atoms with Gasteiger partial charge in [-0.3, -0.25) is 4.98 Å². The summed E-state index contributed by atoms with van der Waals surface area (Å²) in [6.07, 6.45) is 3.78. The molecule has 0 spiro atoms. The summed E-state index contributed by atoms with van der Waals surface area (Å²) in [6, 6.07) is 1.88. The average Bonchev–Trinajstić information content (AvgIpc) is 2.75. The van der Waals surface area contributed by atoms with E-state index < -0.39 is 6.10 Å². The fraction of sp³-hybridized carbons (Fsp3) is 0.583. The molecule has 0 radical (unpaired) electrons. The van der Waals surface area contributed by atoms with Crippen molar-refractivity contribution in [3.8, 4) is 5.75 Å². The maximum atomic E-state index is 10.3. The Morgan fingerprint density at radius 3 is 3.06 bits per heavy atom. The number of pyridine rings is 1. The van der Waals surface area contributed by atoms with Gasteiger partial charge in [-0.25, -0.2) is 0 Å². The van der Waals surface area contributed by atoms with Gasteiger partial charge in [-0.2, -0.15) is 0 Å². The number of aliphatic hydroxyl groups excluding tert-OH is 1. The van der Waals surface area contributed by atoms with Gasteiger partial charge in [0.15, 0.2) is 0 Å². The maximum absolute atomic E-state index is 10.3. The summed E-state index contributed by atoms with van der Waals surface area (Å²) >= 11 is 0. The summed E-state index contributed by atoms with van der Waals surface area (Å²) in [6.45, 7) is 3.14. The van der Waals surface area contributed by atoms with Crippen molar-refractivity contribution in [2.45, 2.75) is 25.5 Å². The molecule has 1 aliphatic rings. The van der Waals surface area contributed by atoms with Crippen LogP contribution in [-0.4, -0.2) is 29.8 Å². The topological polar surface area (TPSA) is 54.4 Å². The van der Waals surface area contributed by atoms with E-state index in [4.69, 9.17) is 4.74 Å². The number of aromatic nitrogens is 1. The first-order valence-corrected chi connectivity index (χ1v) is 5.61. The fourth-order valence-electron chi connectivity index (χ4n) is 2.21. The van der Waals surface area contributed by atoms with Gasteiger partial charge < -0.3 is 15.2 Å². The molecule has 1 unspecified atom stereocenters. The standard InChI is InChI=1S/C12H18N2O2/c1-8-5-10(14-6-8)12(15)9-7-13-4-3-11(9)16-2/h3-4,7-8,10,12,14-15H,5-6H2,1-2H3/t8-,10+,12?/m0/s1. The second-order valence-corrected chi connectivity index (χ2v) is 4.42. The Hall–Kier alpha value is -1.13. The molecule has 0 aliphatic carbocycles. The van der Waals surface area contributed by atoms with Gasteiger partial charge in [0, 0.05) is 24.0 Å². The summed E-state index contributed by atoms with van der Waals surface area (Å²) in [7, 11) is 1.61. The first-order valence-electron chi connectivity index (χ1n) is 5.61. The molecule has 3 atom stereocenters. The number of ether oxygens (including phenoxy) is 1. The number of methoxy groups -OCH3 is 1. The highest BCUT2D eigenvalue weighted by atomic mass is 16.5. The Balaban J connectivity index is 2.16. The second-order valence-electron chi connectivity index (χ2n) is 4.42. The van der Waals surface area contributed by atoms with E-state index in [0.29, 0.717) is 11.7 Å². The van der Waals surface area contributed by atoms with Crippen LogP contribution in [-0.2, 0) is 0 Å². The summed E-state index contributed by atoms with van der Waals surface area (Å²) in [5.74, 6) is 1.31. The van der Waals surface area contributed by atoms with Gasteiger partial charge in [0.25, 0.3) is 0 Å². The molecular weight excluding hydrogens is 204 g/mol. The molecule has 16 heavy (non-hydrogen) atoms. The predicted octanol–water partition coefficient (Wildman–Crippen LogP) is 1.12. The Bertz CT molecular complexity index is 357. The molecular formula is C12H18N2O2. The van der Waals surface area contributed by atoms with Crippen molar-refractivity contribution in [3.05, 3.63) is 24.0 Å². The zero-order chi connectivity index (χ0) is 11.5. The van der Waals surface area contributed by atoms with Gasteiger partial charge in [-0.15, -0.1) is 0 Å². The SMILES string of the molecule is COc1ccncc1C(O)[C@H]1C[C@H](C)CN1. The van der Waals surface area contributed by atoms with Crippen LogP contribution >= 0.6 is 0 Å². The van der Waals surface area contributed by atoms with Gasteiger partial charge in [-0.1, -0.05) is 6.92 Å². The minimum Gasteiger partial charge on any atom is -0.496 e. The van der Waals surface area contributed by atoms with Crippen molar-refractivity contribution in [1.29, 1.82) is 0 Å². The summed E-state index contributed by atoms with van der Waals surface area (Å²) in [5, 5.41) is 13.6. The van der Waals surface area contributed by atoms with Gasteiger partial charge in [0.1, 0.15) is 5.75 Å². The molecule has 1 saturated heterocycles. The van der Waals surface area contributed by atoms with E-state index in [1.54, 1.807) is 25.6 Å². The van der Waals surface area contributed by atoms with Crippen LogP contribution in [0.5, 0.6) is 5.75 Å². The highest BCUT2D eigenvalue weighted by Crippen LogP contribution is 2.30. The normalized spacial score (nSPS) is 26.7. The quantitative estimate of drug-likeness (QED) is 0.804. The molecule has 1 aliphatic heterocycles. The summed E-state index contributed by atoms with van der Waals surface area (Å²) < 4.78 is 5.23. The number of nitrogens with zero attached hydrogens (tertiary/aromatic N) is 1. The van der Waals surface area contributed by atoms with Crippen molar-refractivity contribution >= 4 is 0 Å². The fourth-order valence-corrected chi connectivity index (χ4v) is 2.21. The first-order chi connectivity index (χ1) is 7.72. The van der Waals surface area contributed by atoms with Crippen LogP contribution in [0.1, 0.15) is 25.0 Å². The van der Waals surface area contributed by atoms with Crippen LogP contribution in [0.25, 0.3) is 0 Å². The molecule has 4 heteroatoms. The third kappa shape index (κ3) is 2.18. The monoisotopic (exact) mass is 222 g/mol. The van der Waals surface area contributed by atoms with E-state index in [-0.39, 0.29) is 6.04 Å². The largest absolute Gasteiger partial charge is 0.496 e. The molecule has 1 aromatic rings. The Labute approximate surface area is 95.7 Å². The maximum Gasteiger partial charge on any atom is 0.127 e. The zero-order valence-corrected chi connectivity index (χ0v) is 9.68. The Morgan fingerprint density at radius 1 is 1.62 bits per heavy atom. The van der Waals surface area contributed by atoms with Gasteiger partial charge >= 0.3 is 0 Å². The van der Waals surface area contributed by atoms with Crippen LogP contribution in [0, 0.1) is 5.92 Å². The van der Waals surface area contributed by atoms with E-state index in [2.05, 4.69) is 17.2 Å². The molecule has 2 N–H and O–H groups in total. The molecule has 88 valence electrons. The van der Waals surface area contributed by atoms with Crippen LogP contribution < -0.4 is 10.1 Å². The molecule has 1 aromatic heterocycles. The second kappa shape index (κ2) is 4.80. The molecule has 1 fully saturated rings. The van der Waals surface area contributed by atoms with Crippen LogP contribution in [0.15, 0.2) is 18.5 Å². The Kier molecular flexibility index (Phi) is 3.41. The van der Waals surface area contributed by atoms with Crippen LogP contribution in [0.3, 0.4) is 0 Å². The van der Waals surface area contributed by atoms with Crippen molar-refractivity contribution in [3.63, 3.8) is 0 Å². The highest BCUT2D eigenvalue weighted by Gasteiger charge is 2.29. The van der Waals surface area contributed by atoms with E-state index in [9.17, 15) is 5.11 Å². The smallest absolute Gasteiger partial charge is 0.127 e. The highest BCUT2D eigenvalue weighted by molar-refractivity contribution is 5.33. The lowest BCUT2D eigenvalue weighted by molar-refractivity contribution is 0.132. The van der Waals surface area contributed by atoms with E-state index in [0.717, 1.165) is 18.5 Å². The zero-order valence-electron chi connectivity index (χ0n) is 9.68. The van der Waals surface area contributed by atoms with E-state index >= 15 is 0 Å². The number of hydrogen-bond donors (Lipinski definition) is 2. The first kappa shape index (κ1) is 11.4. The van der Waals surface area contributed by atoms with Crippen LogP contribution in [0.2, 0.25) is 0 Å². The minimum absolute atomic E-state index is 0.105. The van der Waals surface area contributed by atoms with Crippen LogP contribution in [0.4, 0.5) is 0 Å². The van der Waals surface area contributed by atoms with Crippen molar-refractivity contribution in [2.75, 3.05) is 13.7 Å². The number of aliphatic hydroxyl groups is 1. The number of rotatable bonds is 3. The number of nitrogens with one attached hydrogen (secondary N) is 1. The molecule has 0 bridgehead atoms. The third-order valence-electron chi connectivity index (χ3n) is 3.11. The van der Waals surface area contributed by atoms with Crippen molar-refractivity contribution in [2.24, 2.45) is 5.92 Å². The van der Waals surface area contributed by atoms with Gasteiger partial charge in [-0.05, 0) is 24.9 Å². The summed E-state index contributed by atoms with van der Waals surface area (Å²) in [4.78, 5) is 4.04.